The number of aromatic nitrogens is 4. The fraction of sp³-hybridized carbons (Fsp3) is 0.143. The Bertz CT molecular complexity index is 1220. The molecule has 8 heteroatoms. The van der Waals surface area contributed by atoms with Gasteiger partial charge in [0.05, 0.1) is 23.6 Å². The fourth-order valence-electron chi connectivity index (χ4n) is 3.11. The Kier molecular flexibility index (Phi) is 5.53. The van der Waals surface area contributed by atoms with Gasteiger partial charge in [0.1, 0.15) is 6.54 Å². The molecule has 2 aromatic heterocycles. The van der Waals surface area contributed by atoms with E-state index in [4.69, 9.17) is 0 Å². The molecule has 0 fully saturated rings. The standard InChI is InChI=1S/C21H18BrN5O2/c22-17-5-6-19-18(9-17)21(29)27(14-25-19)12-20(28)24-10-15-3-1-2-4-16(15)11-26-8-7-23-13-26/h1-9,13-14H,10-12H2,(H,24,28). The number of imidazole rings is 1. The van der Waals surface area contributed by atoms with Gasteiger partial charge in [0.15, 0.2) is 0 Å². The van der Waals surface area contributed by atoms with Crippen LogP contribution in [0, 0.1) is 0 Å². The van der Waals surface area contributed by atoms with Gasteiger partial charge < -0.3 is 9.88 Å². The molecule has 0 bridgehead atoms. The fourth-order valence-corrected chi connectivity index (χ4v) is 3.47. The molecular formula is C21H18BrN5O2. The van der Waals surface area contributed by atoms with Gasteiger partial charge in [-0.3, -0.25) is 14.2 Å². The summed E-state index contributed by atoms with van der Waals surface area (Å²) >= 11 is 3.36. The van der Waals surface area contributed by atoms with Crippen molar-refractivity contribution in [3.8, 4) is 0 Å². The molecule has 2 heterocycles. The number of carbonyl (C=O) groups excluding carboxylic acids is 1. The molecule has 0 radical (unpaired) electrons. The van der Waals surface area contributed by atoms with Gasteiger partial charge in [0.2, 0.25) is 5.91 Å². The largest absolute Gasteiger partial charge is 0.350 e. The highest BCUT2D eigenvalue weighted by atomic mass is 79.9. The van der Waals surface area contributed by atoms with Crippen LogP contribution in [0.3, 0.4) is 0 Å². The van der Waals surface area contributed by atoms with Crippen molar-refractivity contribution >= 4 is 32.7 Å². The smallest absolute Gasteiger partial charge is 0.261 e. The quantitative estimate of drug-likeness (QED) is 0.488. The first kappa shape index (κ1) is 19.1. The van der Waals surface area contributed by atoms with Crippen LogP contribution in [-0.2, 0) is 24.4 Å². The topological polar surface area (TPSA) is 81.8 Å². The van der Waals surface area contributed by atoms with E-state index in [1.165, 1.54) is 10.9 Å². The average molecular weight is 452 g/mol. The van der Waals surface area contributed by atoms with Gasteiger partial charge in [0, 0.05) is 30.0 Å². The molecule has 0 unspecified atom stereocenters. The molecular weight excluding hydrogens is 434 g/mol. The number of nitrogens with zero attached hydrogens (tertiary/aromatic N) is 4. The molecule has 0 aliphatic heterocycles. The van der Waals surface area contributed by atoms with E-state index in [9.17, 15) is 9.59 Å². The van der Waals surface area contributed by atoms with Crippen molar-refractivity contribution in [2.45, 2.75) is 19.6 Å². The molecule has 7 nitrogen and oxygen atoms in total. The van der Waals surface area contributed by atoms with Crippen molar-refractivity contribution in [2.75, 3.05) is 0 Å². The number of hydrogen-bond donors (Lipinski definition) is 1. The zero-order valence-corrected chi connectivity index (χ0v) is 17.0. The number of hydrogen-bond acceptors (Lipinski definition) is 4. The maximum atomic E-state index is 12.6. The monoisotopic (exact) mass is 451 g/mol. The van der Waals surface area contributed by atoms with Crippen molar-refractivity contribution in [1.82, 2.24) is 24.4 Å². The van der Waals surface area contributed by atoms with Gasteiger partial charge in [0.25, 0.3) is 5.56 Å². The second-order valence-corrected chi connectivity index (χ2v) is 7.54. The van der Waals surface area contributed by atoms with Gasteiger partial charge in [-0.15, -0.1) is 0 Å². The van der Waals surface area contributed by atoms with Crippen molar-refractivity contribution in [2.24, 2.45) is 0 Å². The minimum atomic E-state index is -0.249. The van der Waals surface area contributed by atoms with Crippen LogP contribution >= 0.6 is 15.9 Å². The van der Waals surface area contributed by atoms with Crippen molar-refractivity contribution in [3.05, 3.63) is 93.5 Å². The van der Waals surface area contributed by atoms with E-state index in [0.29, 0.717) is 24.0 Å². The molecule has 1 amide bonds. The van der Waals surface area contributed by atoms with Crippen molar-refractivity contribution in [3.63, 3.8) is 0 Å². The number of halogens is 1. The van der Waals surface area contributed by atoms with Crippen LogP contribution < -0.4 is 10.9 Å². The summed E-state index contributed by atoms with van der Waals surface area (Å²) in [6.45, 7) is 0.970. The highest BCUT2D eigenvalue weighted by molar-refractivity contribution is 9.10. The first-order chi connectivity index (χ1) is 14.1. The highest BCUT2D eigenvalue weighted by Gasteiger charge is 2.10. The number of nitrogens with one attached hydrogen (secondary N) is 1. The molecule has 146 valence electrons. The summed E-state index contributed by atoms with van der Waals surface area (Å²) in [6.07, 6.45) is 6.79. The summed E-state index contributed by atoms with van der Waals surface area (Å²) in [4.78, 5) is 33.4. The minimum Gasteiger partial charge on any atom is -0.350 e. The van der Waals surface area contributed by atoms with Gasteiger partial charge in [-0.05, 0) is 29.3 Å². The lowest BCUT2D eigenvalue weighted by Crippen LogP contribution is -2.32. The molecule has 0 saturated heterocycles. The van der Waals surface area contributed by atoms with Gasteiger partial charge in [-0.25, -0.2) is 9.97 Å². The van der Waals surface area contributed by atoms with Crippen molar-refractivity contribution < 1.29 is 4.79 Å². The molecule has 0 saturated carbocycles. The maximum absolute atomic E-state index is 12.6. The first-order valence-corrected chi connectivity index (χ1v) is 9.83. The lowest BCUT2D eigenvalue weighted by molar-refractivity contribution is -0.121. The molecule has 0 aliphatic carbocycles. The summed E-state index contributed by atoms with van der Waals surface area (Å²) in [5.74, 6) is -0.249. The summed E-state index contributed by atoms with van der Waals surface area (Å²) in [5, 5.41) is 3.37. The first-order valence-electron chi connectivity index (χ1n) is 9.04. The number of rotatable bonds is 6. The van der Waals surface area contributed by atoms with E-state index < -0.39 is 0 Å². The van der Waals surface area contributed by atoms with Crippen LogP contribution in [0.4, 0.5) is 0 Å². The predicted octanol–water partition coefficient (Wildman–Crippen LogP) is 2.72. The minimum absolute atomic E-state index is 0.0853. The molecule has 29 heavy (non-hydrogen) atoms. The molecule has 4 rings (SSSR count). The van der Waals surface area contributed by atoms with Crippen LogP contribution in [0.15, 0.2) is 76.8 Å². The Labute approximate surface area is 175 Å². The summed E-state index contributed by atoms with van der Waals surface area (Å²) in [6, 6.07) is 13.2. The maximum Gasteiger partial charge on any atom is 0.261 e. The Hall–Kier alpha value is -3.26. The van der Waals surface area contributed by atoms with E-state index in [2.05, 4.69) is 31.2 Å². The molecule has 0 atom stereocenters. The van der Waals surface area contributed by atoms with Gasteiger partial charge in [-0.2, -0.15) is 0 Å². The molecule has 1 N–H and O–H groups in total. The average Bonchev–Trinajstić information content (AvgIpc) is 3.23. The number of carbonyl (C=O) groups is 1. The Morgan fingerprint density at radius 2 is 1.93 bits per heavy atom. The number of amides is 1. The molecule has 4 aromatic rings. The second kappa shape index (κ2) is 8.40. The van der Waals surface area contributed by atoms with E-state index in [1.54, 1.807) is 24.7 Å². The third-order valence-electron chi connectivity index (χ3n) is 4.61. The van der Waals surface area contributed by atoms with Crippen LogP contribution in [0.2, 0.25) is 0 Å². The summed E-state index contributed by atoms with van der Waals surface area (Å²) < 4.78 is 4.08. The molecule has 0 aliphatic rings. The molecule has 0 spiro atoms. The Morgan fingerprint density at radius 1 is 1.10 bits per heavy atom. The van der Waals surface area contributed by atoms with E-state index in [-0.39, 0.29) is 18.0 Å². The lowest BCUT2D eigenvalue weighted by Gasteiger charge is -2.12. The predicted molar refractivity (Wildman–Crippen MR) is 113 cm³/mol. The van der Waals surface area contributed by atoms with Crippen molar-refractivity contribution in [1.29, 1.82) is 0 Å². The SMILES string of the molecule is O=C(Cn1cnc2ccc(Br)cc2c1=O)NCc1ccccc1Cn1ccnc1. The van der Waals surface area contributed by atoms with Crippen LogP contribution in [0.25, 0.3) is 10.9 Å². The highest BCUT2D eigenvalue weighted by Crippen LogP contribution is 2.15. The summed E-state index contributed by atoms with van der Waals surface area (Å²) in [5.41, 5.74) is 2.47. The third-order valence-corrected chi connectivity index (χ3v) is 5.10. The van der Waals surface area contributed by atoms with Crippen LogP contribution in [0.1, 0.15) is 11.1 Å². The van der Waals surface area contributed by atoms with E-state index in [0.717, 1.165) is 15.6 Å². The zero-order chi connectivity index (χ0) is 20.2. The van der Waals surface area contributed by atoms with Crippen LogP contribution in [-0.4, -0.2) is 25.0 Å². The second-order valence-electron chi connectivity index (χ2n) is 6.62. The third kappa shape index (κ3) is 4.43. The van der Waals surface area contributed by atoms with E-state index >= 15 is 0 Å². The van der Waals surface area contributed by atoms with Gasteiger partial charge >= 0.3 is 0 Å². The number of fused-ring (bicyclic) bond motifs is 1. The summed E-state index contributed by atoms with van der Waals surface area (Å²) in [7, 11) is 0. The van der Waals surface area contributed by atoms with Crippen LogP contribution in [0.5, 0.6) is 0 Å². The Morgan fingerprint density at radius 3 is 2.72 bits per heavy atom. The normalized spacial score (nSPS) is 10.9. The van der Waals surface area contributed by atoms with Gasteiger partial charge in [-0.1, -0.05) is 40.2 Å². The number of benzene rings is 2. The Balaban J connectivity index is 1.45. The lowest BCUT2D eigenvalue weighted by atomic mass is 10.1. The zero-order valence-electron chi connectivity index (χ0n) is 15.5. The molecule has 2 aromatic carbocycles. The van der Waals surface area contributed by atoms with E-state index in [1.807, 2.05) is 41.1 Å².